The number of thiocarbonyl (C=S) groups is 1. The normalized spacial score (nSPS) is 11.4. The second kappa shape index (κ2) is 6.48. The predicted octanol–water partition coefficient (Wildman–Crippen LogP) is 2.38. The van der Waals surface area contributed by atoms with Crippen LogP contribution in [0.3, 0.4) is 0 Å². The van der Waals surface area contributed by atoms with Crippen molar-refractivity contribution in [1.29, 1.82) is 0 Å². The minimum atomic E-state index is -2.47. The molecule has 0 radical (unpaired) electrons. The van der Waals surface area contributed by atoms with Crippen molar-refractivity contribution in [2.24, 2.45) is 0 Å². The number of hydrogen-bond donors (Lipinski definition) is 0. The van der Waals surface area contributed by atoms with Crippen LogP contribution in [-0.2, 0) is 13.3 Å². The fourth-order valence-corrected chi connectivity index (χ4v) is 3.17. The largest absolute Gasteiger partial charge is 0.563 e. The summed E-state index contributed by atoms with van der Waals surface area (Å²) < 4.78 is 16.4. The topological polar surface area (TPSA) is 27.7 Å². The molecule has 0 aromatic rings. The molecule has 0 heterocycles. The van der Waals surface area contributed by atoms with Crippen LogP contribution in [0.4, 0.5) is 0 Å². The molecule has 0 atom stereocenters. The molecule has 0 aromatic carbocycles. The third-order valence-electron chi connectivity index (χ3n) is 1.40. The predicted molar refractivity (Wildman–Crippen MR) is 58.8 cm³/mol. The summed E-state index contributed by atoms with van der Waals surface area (Å²) in [4.78, 5) is 0. The maximum atomic E-state index is 5.49. The van der Waals surface area contributed by atoms with Crippen molar-refractivity contribution in [3.8, 4) is 0 Å². The fraction of sp³-hybridized carbons (Fsp3) is 0.875. The van der Waals surface area contributed by atoms with Gasteiger partial charge in [0.15, 0.2) is 0 Å². The Balaban J connectivity index is 4.13. The van der Waals surface area contributed by atoms with Crippen molar-refractivity contribution < 1.29 is 13.3 Å². The Morgan fingerprint density at radius 3 is 1.92 bits per heavy atom. The maximum absolute atomic E-state index is 5.49. The minimum Gasteiger partial charge on any atom is -0.495 e. The highest BCUT2D eigenvalue weighted by Crippen LogP contribution is 2.11. The molecule has 5 heteroatoms. The van der Waals surface area contributed by atoms with Crippen LogP contribution in [0.1, 0.15) is 27.2 Å². The summed E-state index contributed by atoms with van der Waals surface area (Å²) >= 11 is 4.98. The van der Waals surface area contributed by atoms with Crippen molar-refractivity contribution in [1.82, 2.24) is 0 Å². The lowest BCUT2D eigenvalue weighted by Crippen LogP contribution is -2.43. The molecule has 78 valence electrons. The molecule has 0 N–H and O–H groups in total. The molecule has 0 aliphatic carbocycles. The lowest BCUT2D eigenvalue weighted by atomic mass is 10.5. The maximum Gasteiger partial charge on any atom is 0.563 e. The standard InChI is InChI=1S/C8H18O3SSi/c1-5-8(12)11-13(4,9-6-2)10-7-3/h5-7H2,1-4H3. The Kier molecular flexibility index (Phi) is 6.49. The first-order valence-corrected chi connectivity index (χ1v) is 7.21. The Labute approximate surface area is 86.7 Å². The summed E-state index contributed by atoms with van der Waals surface area (Å²) in [6.07, 6.45) is 0.720. The summed E-state index contributed by atoms with van der Waals surface area (Å²) in [6, 6.07) is 0. The van der Waals surface area contributed by atoms with E-state index in [2.05, 4.69) is 0 Å². The van der Waals surface area contributed by atoms with E-state index in [1.807, 2.05) is 27.3 Å². The third-order valence-corrected chi connectivity index (χ3v) is 4.16. The average molecular weight is 222 g/mol. The molecular weight excluding hydrogens is 204 g/mol. The fourth-order valence-electron chi connectivity index (χ4n) is 0.904. The molecule has 0 bridgehead atoms. The van der Waals surface area contributed by atoms with Gasteiger partial charge in [0.2, 0.25) is 0 Å². The van der Waals surface area contributed by atoms with Gasteiger partial charge in [0.25, 0.3) is 0 Å². The van der Waals surface area contributed by atoms with Crippen LogP contribution in [-0.4, -0.2) is 27.1 Å². The van der Waals surface area contributed by atoms with Crippen LogP contribution >= 0.6 is 12.2 Å². The molecule has 0 saturated carbocycles. The highest BCUT2D eigenvalue weighted by Gasteiger charge is 2.36. The second-order valence-electron chi connectivity index (χ2n) is 2.56. The lowest BCUT2D eigenvalue weighted by molar-refractivity contribution is 0.120. The smallest absolute Gasteiger partial charge is 0.495 e. The van der Waals surface area contributed by atoms with E-state index in [9.17, 15) is 0 Å². The molecule has 0 saturated heterocycles. The monoisotopic (exact) mass is 222 g/mol. The molecule has 0 aliphatic heterocycles. The first kappa shape index (κ1) is 13.0. The molecule has 0 rings (SSSR count). The van der Waals surface area contributed by atoms with E-state index < -0.39 is 8.80 Å². The molecule has 0 amide bonds. The zero-order valence-corrected chi connectivity index (χ0v) is 10.6. The number of rotatable bonds is 6. The van der Waals surface area contributed by atoms with Gasteiger partial charge in [-0.05, 0) is 26.1 Å². The van der Waals surface area contributed by atoms with Gasteiger partial charge in [-0.3, -0.25) is 0 Å². The van der Waals surface area contributed by atoms with Gasteiger partial charge < -0.3 is 13.3 Å². The molecule has 0 fully saturated rings. The van der Waals surface area contributed by atoms with Gasteiger partial charge in [-0.1, -0.05) is 6.92 Å². The van der Waals surface area contributed by atoms with Gasteiger partial charge >= 0.3 is 8.80 Å². The number of hydrogen-bond acceptors (Lipinski definition) is 4. The van der Waals surface area contributed by atoms with Crippen LogP contribution in [0.2, 0.25) is 6.55 Å². The van der Waals surface area contributed by atoms with Gasteiger partial charge in [-0.15, -0.1) is 0 Å². The summed E-state index contributed by atoms with van der Waals surface area (Å²) in [7, 11) is -2.47. The van der Waals surface area contributed by atoms with E-state index in [0.717, 1.165) is 6.42 Å². The lowest BCUT2D eigenvalue weighted by Gasteiger charge is -2.25. The summed E-state index contributed by atoms with van der Waals surface area (Å²) in [5.74, 6) is 0. The van der Waals surface area contributed by atoms with E-state index >= 15 is 0 Å². The van der Waals surface area contributed by atoms with Crippen molar-refractivity contribution >= 4 is 26.1 Å². The SMILES string of the molecule is CCO[Si](C)(OCC)OC(=S)CC. The van der Waals surface area contributed by atoms with Crippen molar-refractivity contribution in [3.05, 3.63) is 0 Å². The Morgan fingerprint density at radius 1 is 1.15 bits per heavy atom. The first-order chi connectivity index (χ1) is 6.08. The van der Waals surface area contributed by atoms with E-state index in [1.54, 1.807) is 0 Å². The van der Waals surface area contributed by atoms with Gasteiger partial charge in [-0.25, -0.2) is 0 Å². The van der Waals surface area contributed by atoms with E-state index in [0.29, 0.717) is 18.3 Å². The second-order valence-corrected chi connectivity index (χ2v) is 5.52. The van der Waals surface area contributed by atoms with Gasteiger partial charge in [0.1, 0.15) is 5.05 Å². The summed E-state index contributed by atoms with van der Waals surface area (Å²) in [5.41, 5.74) is 0. The van der Waals surface area contributed by atoms with E-state index in [4.69, 9.17) is 25.5 Å². The van der Waals surface area contributed by atoms with E-state index in [1.165, 1.54) is 0 Å². The third kappa shape index (κ3) is 5.35. The summed E-state index contributed by atoms with van der Waals surface area (Å²) in [6.45, 7) is 8.84. The van der Waals surface area contributed by atoms with Crippen LogP contribution in [0.15, 0.2) is 0 Å². The Bertz CT molecular complexity index is 157. The van der Waals surface area contributed by atoms with Gasteiger partial charge in [0.05, 0.1) is 0 Å². The zero-order chi connectivity index (χ0) is 10.3. The highest BCUT2D eigenvalue weighted by molar-refractivity contribution is 7.80. The summed E-state index contributed by atoms with van der Waals surface area (Å²) in [5, 5.41) is 0.566. The average Bonchev–Trinajstić information content (AvgIpc) is 2.04. The molecular formula is C8H18O3SSi. The molecule has 0 unspecified atom stereocenters. The highest BCUT2D eigenvalue weighted by atomic mass is 32.1. The molecule has 13 heavy (non-hydrogen) atoms. The van der Waals surface area contributed by atoms with Crippen LogP contribution in [0.25, 0.3) is 0 Å². The quantitative estimate of drug-likeness (QED) is 0.509. The van der Waals surface area contributed by atoms with Crippen molar-refractivity contribution in [2.75, 3.05) is 13.2 Å². The van der Waals surface area contributed by atoms with Crippen LogP contribution < -0.4 is 0 Å². The van der Waals surface area contributed by atoms with Gasteiger partial charge in [0, 0.05) is 26.2 Å². The molecule has 0 spiro atoms. The molecule has 0 aromatic heterocycles. The Morgan fingerprint density at radius 2 is 1.62 bits per heavy atom. The first-order valence-electron chi connectivity index (χ1n) is 4.57. The van der Waals surface area contributed by atoms with Crippen molar-refractivity contribution in [2.45, 2.75) is 33.7 Å². The molecule has 3 nitrogen and oxygen atoms in total. The Hall–Kier alpha value is 0.0269. The van der Waals surface area contributed by atoms with Crippen LogP contribution in [0, 0.1) is 0 Å². The zero-order valence-electron chi connectivity index (χ0n) is 8.75. The molecule has 0 aliphatic rings. The van der Waals surface area contributed by atoms with Gasteiger partial charge in [-0.2, -0.15) is 0 Å². The minimum absolute atomic E-state index is 0.566. The van der Waals surface area contributed by atoms with E-state index in [-0.39, 0.29) is 0 Å². The van der Waals surface area contributed by atoms with Crippen molar-refractivity contribution in [3.63, 3.8) is 0 Å². The van der Waals surface area contributed by atoms with Crippen LogP contribution in [0.5, 0.6) is 0 Å².